The fourth-order valence-electron chi connectivity index (χ4n) is 3.28. The van der Waals surface area contributed by atoms with Gasteiger partial charge >= 0.3 is 0 Å². The van der Waals surface area contributed by atoms with E-state index >= 15 is 0 Å². The van der Waals surface area contributed by atoms with Crippen LogP contribution in [0, 0.1) is 5.92 Å². The van der Waals surface area contributed by atoms with Crippen LogP contribution < -0.4 is 20.3 Å². The van der Waals surface area contributed by atoms with E-state index in [2.05, 4.69) is 20.8 Å². The number of aromatic nitrogens is 2. The van der Waals surface area contributed by atoms with Crippen molar-refractivity contribution in [2.75, 3.05) is 34.9 Å². The van der Waals surface area contributed by atoms with E-state index < -0.39 is 5.92 Å². The number of carbonyl (C=O) groups excluding carboxylic acids is 3. The van der Waals surface area contributed by atoms with Crippen molar-refractivity contribution in [3.05, 3.63) is 53.6 Å². The van der Waals surface area contributed by atoms with E-state index in [9.17, 15) is 14.4 Å². The molecule has 34 heavy (non-hydrogen) atoms. The Morgan fingerprint density at radius 1 is 1.15 bits per heavy atom. The minimum absolute atomic E-state index is 0.114. The van der Waals surface area contributed by atoms with Crippen LogP contribution in [0.5, 0.6) is 5.75 Å². The van der Waals surface area contributed by atoms with Crippen LogP contribution in [0.1, 0.15) is 6.42 Å². The normalized spacial score (nSPS) is 15.3. The minimum atomic E-state index is -0.500. The van der Waals surface area contributed by atoms with Crippen LogP contribution in [0.25, 0.3) is 0 Å². The summed E-state index contributed by atoms with van der Waals surface area (Å²) in [6.45, 7) is 0.280. The SMILES string of the molecule is COc1ccc(N2CC(C(=O)Nc3nnc(SCC(=O)Nc4ccc(Cl)cc4)s3)CC2=O)cc1. The molecule has 0 spiro atoms. The number of nitrogens with zero attached hydrogens (tertiary/aromatic N) is 3. The van der Waals surface area contributed by atoms with Gasteiger partial charge in [0.05, 0.1) is 18.8 Å². The van der Waals surface area contributed by atoms with E-state index in [4.69, 9.17) is 16.3 Å². The van der Waals surface area contributed by atoms with Gasteiger partial charge in [0.2, 0.25) is 22.9 Å². The summed E-state index contributed by atoms with van der Waals surface area (Å²) in [6, 6.07) is 13.9. The highest BCUT2D eigenvalue weighted by Crippen LogP contribution is 2.29. The Kier molecular flexibility index (Phi) is 7.66. The van der Waals surface area contributed by atoms with Gasteiger partial charge in [0.15, 0.2) is 4.34 Å². The second-order valence-electron chi connectivity index (χ2n) is 7.31. The zero-order valence-corrected chi connectivity index (χ0v) is 20.4. The van der Waals surface area contributed by atoms with E-state index in [1.54, 1.807) is 60.5 Å². The maximum absolute atomic E-state index is 12.7. The van der Waals surface area contributed by atoms with Crippen LogP contribution in [-0.2, 0) is 14.4 Å². The van der Waals surface area contributed by atoms with Crippen LogP contribution in [-0.4, -0.2) is 47.3 Å². The summed E-state index contributed by atoms with van der Waals surface area (Å²) >= 11 is 8.22. The standard InChI is InChI=1S/C22H20ClN5O4S2/c1-32-17-8-6-16(7-9-17)28-11-13(10-19(28)30)20(31)25-21-26-27-22(34-21)33-12-18(29)24-15-4-2-14(23)3-5-15/h2-9,13H,10-12H2,1H3,(H,24,29)(H,25,26,31). The van der Waals surface area contributed by atoms with Gasteiger partial charge < -0.3 is 20.3 Å². The van der Waals surface area contributed by atoms with E-state index in [1.165, 1.54) is 23.1 Å². The number of hydrogen-bond acceptors (Lipinski definition) is 8. The molecule has 1 saturated heterocycles. The average molecular weight is 518 g/mol. The first kappa shape index (κ1) is 24.0. The third kappa shape index (κ3) is 6.04. The quantitative estimate of drug-likeness (QED) is 0.344. The highest BCUT2D eigenvalue weighted by atomic mass is 35.5. The van der Waals surface area contributed by atoms with Crippen LogP contribution in [0.2, 0.25) is 5.02 Å². The minimum Gasteiger partial charge on any atom is -0.497 e. The Balaban J connectivity index is 1.27. The van der Waals surface area contributed by atoms with Crippen molar-refractivity contribution in [3.8, 4) is 5.75 Å². The fourth-order valence-corrected chi connectivity index (χ4v) is 4.96. The van der Waals surface area contributed by atoms with Gasteiger partial charge in [-0.2, -0.15) is 0 Å². The molecule has 0 bridgehead atoms. The van der Waals surface area contributed by atoms with Gasteiger partial charge in [0.25, 0.3) is 0 Å². The Bertz CT molecular complexity index is 1190. The Labute approximate surface area is 208 Å². The monoisotopic (exact) mass is 517 g/mol. The van der Waals surface area contributed by atoms with Crippen molar-refractivity contribution >= 4 is 68.9 Å². The molecule has 1 aromatic heterocycles. The number of carbonyl (C=O) groups is 3. The number of anilines is 3. The fraction of sp³-hybridized carbons (Fsp3) is 0.227. The molecule has 1 aliphatic rings. The van der Waals surface area contributed by atoms with E-state index in [0.29, 0.717) is 31.6 Å². The maximum atomic E-state index is 12.7. The summed E-state index contributed by atoms with van der Waals surface area (Å²) in [7, 11) is 1.57. The summed E-state index contributed by atoms with van der Waals surface area (Å²) in [5.41, 5.74) is 1.36. The summed E-state index contributed by atoms with van der Waals surface area (Å²) in [6.07, 6.45) is 0.114. The summed E-state index contributed by atoms with van der Waals surface area (Å²) in [5.74, 6) is -0.282. The molecule has 3 amide bonds. The van der Waals surface area contributed by atoms with Crippen molar-refractivity contribution in [2.24, 2.45) is 5.92 Å². The molecular weight excluding hydrogens is 498 g/mol. The smallest absolute Gasteiger partial charge is 0.234 e. The average Bonchev–Trinajstić information content (AvgIpc) is 3.45. The first-order chi connectivity index (χ1) is 16.4. The van der Waals surface area contributed by atoms with Gasteiger partial charge in [-0.3, -0.25) is 14.4 Å². The molecule has 2 aromatic carbocycles. The molecule has 4 rings (SSSR count). The third-order valence-electron chi connectivity index (χ3n) is 4.97. The molecule has 1 fully saturated rings. The second-order valence-corrected chi connectivity index (χ2v) is 9.95. The lowest BCUT2D eigenvalue weighted by Crippen LogP contribution is -2.28. The number of hydrogen-bond donors (Lipinski definition) is 2. The van der Waals surface area contributed by atoms with Gasteiger partial charge in [0.1, 0.15) is 5.75 Å². The van der Waals surface area contributed by atoms with Crippen molar-refractivity contribution in [2.45, 2.75) is 10.8 Å². The highest BCUT2D eigenvalue weighted by Gasteiger charge is 2.35. The highest BCUT2D eigenvalue weighted by molar-refractivity contribution is 8.01. The van der Waals surface area contributed by atoms with E-state index in [1.807, 2.05) is 0 Å². The Hall–Kier alpha value is -3.15. The number of methoxy groups -OCH3 is 1. The second kappa shape index (κ2) is 10.9. The van der Waals surface area contributed by atoms with Crippen molar-refractivity contribution in [3.63, 3.8) is 0 Å². The molecule has 1 unspecified atom stereocenters. The zero-order chi connectivity index (χ0) is 24.1. The largest absolute Gasteiger partial charge is 0.497 e. The number of nitrogens with one attached hydrogen (secondary N) is 2. The third-order valence-corrected chi connectivity index (χ3v) is 7.20. The lowest BCUT2D eigenvalue weighted by molar-refractivity contribution is -0.122. The lowest BCUT2D eigenvalue weighted by Gasteiger charge is -2.16. The number of amides is 3. The molecule has 12 heteroatoms. The van der Waals surface area contributed by atoms with Crippen LogP contribution in [0.3, 0.4) is 0 Å². The maximum Gasteiger partial charge on any atom is 0.234 e. The first-order valence-electron chi connectivity index (χ1n) is 10.2. The molecule has 1 atom stereocenters. The molecule has 1 aliphatic heterocycles. The van der Waals surface area contributed by atoms with Crippen LogP contribution >= 0.6 is 34.7 Å². The van der Waals surface area contributed by atoms with Crippen molar-refractivity contribution in [1.82, 2.24) is 10.2 Å². The zero-order valence-electron chi connectivity index (χ0n) is 18.0. The topological polar surface area (TPSA) is 114 Å². The van der Waals surface area contributed by atoms with E-state index in [-0.39, 0.29) is 36.4 Å². The number of ether oxygens (including phenoxy) is 1. The number of halogens is 1. The summed E-state index contributed by atoms with van der Waals surface area (Å²) < 4.78 is 5.69. The number of benzene rings is 2. The van der Waals surface area contributed by atoms with Gasteiger partial charge in [0, 0.05) is 29.4 Å². The number of thioether (sulfide) groups is 1. The van der Waals surface area contributed by atoms with Crippen LogP contribution in [0.4, 0.5) is 16.5 Å². The molecule has 0 aliphatic carbocycles. The molecule has 0 radical (unpaired) electrons. The summed E-state index contributed by atoms with van der Waals surface area (Å²) in [5, 5.41) is 14.4. The van der Waals surface area contributed by atoms with Crippen molar-refractivity contribution < 1.29 is 19.1 Å². The van der Waals surface area contributed by atoms with Crippen LogP contribution in [0.15, 0.2) is 52.9 Å². The molecule has 2 heterocycles. The number of rotatable bonds is 8. The summed E-state index contributed by atoms with van der Waals surface area (Å²) in [4.78, 5) is 38.8. The Morgan fingerprint density at radius 2 is 1.88 bits per heavy atom. The Morgan fingerprint density at radius 3 is 2.59 bits per heavy atom. The molecule has 0 saturated carbocycles. The molecule has 9 nitrogen and oxygen atoms in total. The van der Waals surface area contributed by atoms with Gasteiger partial charge in [-0.05, 0) is 48.5 Å². The van der Waals surface area contributed by atoms with Crippen molar-refractivity contribution in [1.29, 1.82) is 0 Å². The van der Waals surface area contributed by atoms with E-state index in [0.717, 1.165) is 0 Å². The molecule has 176 valence electrons. The van der Waals surface area contributed by atoms with Gasteiger partial charge in [-0.1, -0.05) is 34.7 Å². The molecule has 3 aromatic rings. The predicted octanol–water partition coefficient (Wildman–Crippen LogP) is 3.92. The molecular formula is C22H20ClN5O4S2. The first-order valence-corrected chi connectivity index (χ1v) is 12.4. The van der Waals surface area contributed by atoms with Gasteiger partial charge in [-0.25, -0.2) is 0 Å². The van der Waals surface area contributed by atoms with Gasteiger partial charge in [-0.15, -0.1) is 10.2 Å². The predicted molar refractivity (Wildman–Crippen MR) is 133 cm³/mol. The molecule has 2 N–H and O–H groups in total. The lowest BCUT2D eigenvalue weighted by atomic mass is 10.1.